The van der Waals surface area contributed by atoms with E-state index in [4.69, 9.17) is 4.74 Å². The maximum absolute atomic E-state index is 13.3. The molecule has 1 amide bonds. The van der Waals surface area contributed by atoms with Crippen molar-refractivity contribution in [2.24, 2.45) is 5.10 Å². The number of alkyl halides is 3. The lowest BCUT2D eigenvalue weighted by Gasteiger charge is -2.25. The van der Waals surface area contributed by atoms with E-state index < -0.39 is 11.7 Å². The van der Waals surface area contributed by atoms with Crippen molar-refractivity contribution < 1.29 is 22.7 Å². The molecule has 0 bridgehead atoms. The van der Waals surface area contributed by atoms with Crippen molar-refractivity contribution in [1.29, 1.82) is 0 Å². The summed E-state index contributed by atoms with van der Waals surface area (Å²) >= 11 is 0. The summed E-state index contributed by atoms with van der Waals surface area (Å²) < 4.78 is 45.0. The Morgan fingerprint density at radius 1 is 1.39 bits per heavy atom. The van der Waals surface area contributed by atoms with Gasteiger partial charge in [0.2, 0.25) is 0 Å². The van der Waals surface area contributed by atoms with Gasteiger partial charge in [-0.05, 0) is 24.6 Å². The molecule has 8 heteroatoms. The van der Waals surface area contributed by atoms with Gasteiger partial charge in [-0.1, -0.05) is 13.3 Å². The Morgan fingerprint density at radius 2 is 2.13 bits per heavy atom. The molecule has 0 aliphatic carbocycles. The van der Waals surface area contributed by atoms with Gasteiger partial charge < -0.3 is 9.64 Å². The second-order valence-electron chi connectivity index (χ2n) is 5.24. The van der Waals surface area contributed by atoms with E-state index in [9.17, 15) is 18.0 Å². The highest BCUT2D eigenvalue weighted by Crippen LogP contribution is 2.37. The first-order valence-electron chi connectivity index (χ1n) is 7.25. The number of amides is 1. The van der Waals surface area contributed by atoms with Crippen LogP contribution in [0.1, 0.15) is 30.9 Å². The van der Waals surface area contributed by atoms with Gasteiger partial charge in [0.05, 0.1) is 18.7 Å². The first-order chi connectivity index (χ1) is 10.8. The highest BCUT2D eigenvalue weighted by atomic mass is 19.4. The van der Waals surface area contributed by atoms with Gasteiger partial charge >= 0.3 is 6.18 Å². The number of hydrogen-bond donors (Lipinski definition) is 1. The van der Waals surface area contributed by atoms with Gasteiger partial charge in [-0.15, -0.1) is 0 Å². The number of hydrogen-bond acceptors (Lipinski definition) is 4. The van der Waals surface area contributed by atoms with Gasteiger partial charge in [0.15, 0.2) is 5.84 Å². The van der Waals surface area contributed by atoms with Crippen molar-refractivity contribution in [2.75, 3.05) is 20.2 Å². The third kappa shape index (κ3) is 4.14. The maximum atomic E-state index is 13.3. The standard InChI is InChI=1S/C15H18F3N3O2/c1-3-4-7-23-12-6-5-10(8-11(12)15(16,17)18)14-20-19-13(22)9-21(14)2/h5-6,8H,3-4,7,9H2,1-2H3,(H,19,22). The molecule has 1 aliphatic heterocycles. The number of benzene rings is 1. The normalized spacial score (nSPS) is 15.3. The minimum Gasteiger partial charge on any atom is -0.493 e. The molecule has 0 radical (unpaired) electrons. The van der Waals surface area contributed by atoms with E-state index in [1.165, 1.54) is 17.0 Å². The van der Waals surface area contributed by atoms with Crippen molar-refractivity contribution in [3.63, 3.8) is 0 Å². The number of hydrazone groups is 1. The van der Waals surface area contributed by atoms with E-state index in [2.05, 4.69) is 10.5 Å². The molecule has 1 heterocycles. The molecule has 0 unspecified atom stereocenters. The van der Waals surface area contributed by atoms with Crippen LogP contribution in [0.5, 0.6) is 5.75 Å². The average molecular weight is 329 g/mol. The van der Waals surface area contributed by atoms with Crippen LogP contribution in [-0.4, -0.2) is 36.8 Å². The van der Waals surface area contributed by atoms with Gasteiger partial charge in [-0.25, -0.2) is 5.43 Å². The Hall–Kier alpha value is -2.25. The number of nitrogens with one attached hydrogen (secondary N) is 1. The number of unbranched alkanes of at least 4 members (excludes halogenated alkanes) is 1. The van der Waals surface area contributed by atoms with E-state index in [0.29, 0.717) is 6.42 Å². The molecular formula is C15H18F3N3O2. The van der Waals surface area contributed by atoms with Gasteiger partial charge in [0, 0.05) is 12.6 Å². The summed E-state index contributed by atoms with van der Waals surface area (Å²) in [6.45, 7) is 2.20. The summed E-state index contributed by atoms with van der Waals surface area (Å²) in [4.78, 5) is 12.7. The van der Waals surface area contributed by atoms with E-state index in [1.807, 2.05) is 6.92 Å². The number of halogens is 3. The molecule has 0 spiro atoms. The Morgan fingerprint density at radius 3 is 2.74 bits per heavy atom. The van der Waals surface area contributed by atoms with Crippen LogP contribution in [0.25, 0.3) is 0 Å². The first-order valence-corrected chi connectivity index (χ1v) is 7.25. The van der Waals surface area contributed by atoms with Crippen LogP contribution in [0.3, 0.4) is 0 Å². The molecule has 1 N–H and O–H groups in total. The Labute approximate surface area is 132 Å². The zero-order valence-electron chi connectivity index (χ0n) is 12.9. The molecule has 0 aromatic heterocycles. The molecular weight excluding hydrogens is 311 g/mol. The predicted molar refractivity (Wildman–Crippen MR) is 79.2 cm³/mol. The number of carbonyl (C=O) groups excluding carboxylic acids is 1. The number of carbonyl (C=O) groups is 1. The zero-order valence-corrected chi connectivity index (χ0v) is 12.9. The predicted octanol–water partition coefficient (Wildman–Crippen LogP) is 2.61. The van der Waals surface area contributed by atoms with Gasteiger partial charge in [-0.3, -0.25) is 4.79 Å². The Bertz CT molecular complexity index is 614. The summed E-state index contributed by atoms with van der Waals surface area (Å²) in [5.41, 5.74) is 1.69. The monoisotopic (exact) mass is 329 g/mol. The smallest absolute Gasteiger partial charge is 0.419 e. The van der Waals surface area contributed by atoms with Crippen LogP contribution >= 0.6 is 0 Å². The lowest BCUT2D eigenvalue weighted by molar-refractivity contribution is -0.139. The number of ether oxygens (including phenoxy) is 1. The van der Waals surface area contributed by atoms with Crippen molar-refractivity contribution in [1.82, 2.24) is 10.3 Å². The number of rotatable bonds is 5. The van der Waals surface area contributed by atoms with Gasteiger partial charge in [0.1, 0.15) is 5.75 Å². The molecule has 126 valence electrons. The SMILES string of the molecule is CCCCOc1ccc(C2=NNC(=O)CN2C)cc1C(F)(F)F. The zero-order chi connectivity index (χ0) is 17.0. The summed E-state index contributed by atoms with van der Waals surface area (Å²) in [5, 5.41) is 3.82. The topological polar surface area (TPSA) is 53.9 Å². The minimum absolute atomic E-state index is 0.0366. The summed E-state index contributed by atoms with van der Waals surface area (Å²) in [6.07, 6.45) is -3.02. The molecule has 0 saturated heterocycles. The number of likely N-dealkylation sites (N-methyl/N-ethyl adjacent to an activating group) is 1. The number of amidine groups is 1. The van der Waals surface area contributed by atoms with Crippen molar-refractivity contribution in [3.8, 4) is 5.75 Å². The molecule has 0 fully saturated rings. The fraction of sp³-hybridized carbons (Fsp3) is 0.467. The van der Waals surface area contributed by atoms with Crippen LogP contribution in [0.2, 0.25) is 0 Å². The highest BCUT2D eigenvalue weighted by Gasteiger charge is 2.35. The summed E-state index contributed by atoms with van der Waals surface area (Å²) in [7, 11) is 1.59. The van der Waals surface area contributed by atoms with Gasteiger partial charge in [0.25, 0.3) is 5.91 Å². The van der Waals surface area contributed by atoms with Crippen molar-refractivity contribution in [2.45, 2.75) is 25.9 Å². The Balaban J connectivity index is 2.35. The largest absolute Gasteiger partial charge is 0.493 e. The van der Waals surface area contributed by atoms with Gasteiger partial charge in [-0.2, -0.15) is 18.3 Å². The second kappa shape index (κ2) is 6.89. The minimum atomic E-state index is -4.53. The van der Waals surface area contributed by atoms with Crippen LogP contribution in [0, 0.1) is 0 Å². The molecule has 1 aromatic carbocycles. The fourth-order valence-corrected chi connectivity index (χ4v) is 2.15. The van der Waals surface area contributed by atoms with Crippen LogP contribution < -0.4 is 10.2 Å². The van der Waals surface area contributed by atoms with E-state index in [1.54, 1.807) is 7.05 Å². The van der Waals surface area contributed by atoms with E-state index in [-0.39, 0.29) is 36.2 Å². The van der Waals surface area contributed by atoms with Crippen LogP contribution in [0.15, 0.2) is 23.3 Å². The van der Waals surface area contributed by atoms with Crippen molar-refractivity contribution >= 4 is 11.7 Å². The third-order valence-electron chi connectivity index (χ3n) is 3.33. The molecule has 0 atom stereocenters. The third-order valence-corrected chi connectivity index (χ3v) is 3.33. The molecule has 2 rings (SSSR count). The van der Waals surface area contributed by atoms with E-state index in [0.717, 1.165) is 12.5 Å². The Kier molecular flexibility index (Phi) is 5.12. The van der Waals surface area contributed by atoms with E-state index >= 15 is 0 Å². The molecule has 0 saturated carbocycles. The van der Waals surface area contributed by atoms with Crippen LogP contribution in [-0.2, 0) is 11.0 Å². The van der Waals surface area contributed by atoms with Crippen molar-refractivity contribution in [3.05, 3.63) is 29.3 Å². The highest BCUT2D eigenvalue weighted by molar-refractivity contribution is 6.02. The second-order valence-corrected chi connectivity index (χ2v) is 5.24. The quantitative estimate of drug-likeness (QED) is 0.845. The summed E-state index contributed by atoms with van der Waals surface area (Å²) in [6, 6.07) is 3.79. The summed E-state index contributed by atoms with van der Waals surface area (Å²) in [5.74, 6) is -0.236. The molecule has 1 aromatic rings. The lowest BCUT2D eigenvalue weighted by atomic mass is 10.1. The fourth-order valence-electron chi connectivity index (χ4n) is 2.15. The average Bonchev–Trinajstić information content (AvgIpc) is 2.47. The van der Waals surface area contributed by atoms with Crippen LogP contribution in [0.4, 0.5) is 13.2 Å². The lowest BCUT2D eigenvalue weighted by Crippen LogP contribution is -2.43. The number of nitrogens with zero attached hydrogens (tertiary/aromatic N) is 2. The first kappa shape index (κ1) is 17.1. The molecule has 23 heavy (non-hydrogen) atoms. The molecule has 5 nitrogen and oxygen atoms in total. The molecule has 1 aliphatic rings. The maximum Gasteiger partial charge on any atom is 0.419 e.